The second-order valence-corrected chi connectivity index (χ2v) is 8.55. The van der Waals surface area contributed by atoms with Gasteiger partial charge in [-0.15, -0.1) is 0 Å². The molecule has 198 valence electrons. The molecular weight excluding hydrogens is 507 g/mol. The van der Waals surface area contributed by atoms with E-state index in [4.69, 9.17) is 0 Å². The number of alkyl halides is 9. The molecule has 1 aliphatic rings. The molecule has 0 saturated heterocycles. The molecule has 0 bridgehead atoms. The standard InChI is InChI=1S/C22H21F9N4O/c1-11-10-32-19(33-12(11)2)34-15-3-5-16(6-4-15)35(18(36)22(29,30)31)17-8-13(20(23,24)25)7-14(9-17)21(26,27)28/h7-10,15-16H,3-6H2,1-2H3,(H,32,33,34). The molecule has 36 heavy (non-hydrogen) atoms. The number of hydrogen-bond donors (Lipinski definition) is 1. The first-order valence-electron chi connectivity index (χ1n) is 10.7. The Morgan fingerprint density at radius 3 is 1.86 bits per heavy atom. The number of halogens is 9. The summed E-state index contributed by atoms with van der Waals surface area (Å²) in [5.74, 6) is -2.26. The number of rotatable bonds is 4. The van der Waals surface area contributed by atoms with E-state index in [2.05, 4.69) is 15.3 Å². The molecule has 1 amide bonds. The number of aryl methyl sites for hydroxylation is 2. The summed E-state index contributed by atoms with van der Waals surface area (Å²) in [5, 5.41) is 3.02. The summed E-state index contributed by atoms with van der Waals surface area (Å²) in [7, 11) is 0. The summed E-state index contributed by atoms with van der Waals surface area (Å²) in [6, 6.07) is -1.54. The van der Waals surface area contributed by atoms with E-state index in [1.165, 1.54) is 0 Å². The number of anilines is 2. The molecule has 14 heteroatoms. The van der Waals surface area contributed by atoms with Crippen molar-refractivity contribution in [2.45, 2.75) is 70.1 Å². The van der Waals surface area contributed by atoms with E-state index in [9.17, 15) is 44.3 Å². The molecule has 3 rings (SSSR count). The average Bonchev–Trinajstić information content (AvgIpc) is 2.75. The first-order valence-corrected chi connectivity index (χ1v) is 10.7. The van der Waals surface area contributed by atoms with Crippen LogP contribution in [0.1, 0.15) is 48.1 Å². The number of amides is 1. The van der Waals surface area contributed by atoms with E-state index < -0.39 is 47.3 Å². The molecule has 0 spiro atoms. The maximum absolute atomic E-state index is 13.4. The van der Waals surface area contributed by atoms with Crippen molar-refractivity contribution in [1.29, 1.82) is 0 Å². The highest BCUT2D eigenvalue weighted by Crippen LogP contribution is 2.41. The maximum atomic E-state index is 13.4. The van der Waals surface area contributed by atoms with Gasteiger partial charge in [0, 0.05) is 29.7 Å². The molecule has 0 aliphatic heterocycles. The summed E-state index contributed by atoms with van der Waals surface area (Å²) in [6.07, 6.45) is -14.4. The van der Waals surface area contributed by atoms with Gasteiger partial charge in [0.05, 0.1) is 11.1 Å². The van der Waals surface area contributed by atoms with Gasteiger partial charge >= 0.3 is 24.4 Å². The van der Waals surface area contributed by atoms with E-state index in [0.29, 0.717) is 5.69 Å². The van der Waals surface area contributed by atoms with Crippen molar-refractivity contribution in [2.24, 2.45) is 0 Å². The van der Waals surface area contributed by atoms with Gasteiger partial charge in [-0.1, -0.05) is 0 Å². The van der Waals surface area contributed by atoms with Crippen molar-refractivity contribution >= 4 is 17.5 Å². The number of nitrogens with zero attached hydrogens (tertiary/aromatic N) is 3. The van der Waals surface area contributed by atoms with Gasteiger partial charge in [0.15, 0.2) is 0 Å². The average molecular weight is 528 g/mol. The van der Waals surface area contributed by atoms with E-state index >= 15 is 0 Å². The zero-order valence-corrected chi connectivity index (χ0v) is 18.9. The number of nitrogens with one attached hydrogen (secondary N) is 1. The molecule has 0 unspecified atom stereocenters. The largest absolute Gasteiger partial charge is 0.471 e. The number of hydrogen-bond acceptors (Lipinski definition) is 4. The van der Waals surface area contributed by atoms with Crippen LogP contribution in [0.25, 0.3) is 0 Å². The molecule has 1 aliphatic carbocycles. The van der Waals surface area contributed by atoms with E-state index in [1.807, 2.05) is 0 Å². The van der Waals surface area contributed by atoms with Crippen molar-refractivity contribution in [3.63, 3.8) is 0 Å². The van der Waals surface area contributed by atoms with Crippen LogP contribution in [0.3, 0.4) is 0 Å². The van der Waals surface area contributed by atoms with Crippen LogP contribution in [-0.4, -0.2) is 34.1 Å². The Morgan fingerprint density at radius 2 is 1.42 bits per heavy atom. The molecule has 0 radical (unpaired) electrons. The van der Waals surface area contributed by atoms with Crippen LogP contribution in [-0.2, 0) is 17.1 Å². The maximum Gasteiger partial charge on any atom is 0.471 e. The topological polar surface area (TPSA) is 58.1 Å². The van der Waals surface area contributed by atoms with Gasteiger partial charge < -0.3 is 10.2 Å². The lowest BCUT2D eigenvalue weighted by Gasteiger charge is -2.37. The van der Waals surface area contributed by atoms with Crippen LogP contribution in [0, 0.1) is 13.8 Å². The van der Waals surface area contributed by atoms with Crippen LogP contribution in [0.4, 0.5) is 51.1 Å². The van der Waals surface area contributed by atoms with Crippen LogP contribution >= 0.6 is 0 Å². The minimum Gasteiger partial charge on any atom is -0.351 e. The molecular formula is C22H21F9N4O. The fraction of sp³-hybridized carbons (Fsp3) is 0.500. The quantitative estimate of drug-likeness (QED) is 0.464. The second kappa shape index (κ2) is 9.77. The third-order valence-electron chi connectivity index (χ3n) is 5.93. The SMILES string of the molecule is Cc1cnc(NC2CCC(N(C(=O)C(F)(F)F)c3cc(C(F)(F)F)cc(C(F)(F)F)c3)CC2)nc1C. The summed E-state index contributed by atoms with van der Waals surface area (Å²) < 4.78 is 120. The third-order valence-corrected chi connectivity index (χ3v) is 5.93. The van der Waals surface area contributed by atoms with Crippen LogP contribution in [0.2, 0.25) is 0 Å². The molecule has 1 aromatic heterocycles. The predicted octanol–water partition coefficient (Wildman–Crippen LogP) is 6.45. The minimum absolute atomic E-state index is 0.00717. The summed E-state index contributed by atoms with van der Waals surface area (Å²) >= 11 is 0. The Kier molecular flexibility index (Phi) is 7.47. The Balaban J connectivity index is 1.92. The smallest absolute Gasteiger partial charge is 0.351 e. The van der Waals surface area contributed by atoms with Gasteiger partial charge in [-0.25, -0.2) is 9.97 Å². The lowest BCUT2D eigenvalue weighted by Crippen LogP contribution is -2.49. The molecule has 1 aromatic carbocycles. The zero-order valence-electron chi connectivity index (χ0n) is 18.9. The van der Waals surface area contributed by atoms with E-state index in [1.54, 1.807) is 20.0 Å². The van der Waals surface area contributed by atoms with Crippen molar-refractivity contribution in [3.8, 4) is 0 Å². The second-order valence-electron chi connectivity index (χ2n) is 8.55. The monoisotopic (exact) mass is 528 g/mol. The Hall–Kier alpha value is -3.06. The summed E-state index contributed by atoms with van der Waals surface area (Å²) in [4.78, 5) is 20.6. The van der Waals surface area contributed by atoms with Crippen LogP contribution in [0.5, 0.6) is 0 Å². The van der Waals surface area contributed by atoms with E-state index in [0.717, 1.165) is 5.56 Å². The van der Waals surface area contributed by atoms with Gasteiger partial charge in [-0.3, -0.25) is 4.79 Å². The normalized spacial score (nSPS) is 19.2. The number of aromatic nitrogens is 2. The minimum atomic E-state index is -5.52. The highest BCUT2D eigenvalue weighted by Gasteiger charge is 2.47. The first kappa shape index (κ1) is 27.5. The Labute approximate surface area is 199 Å². The fourth-order valence-corrected chi connectivity index (χ4v) is 3.97. The van der Waals surface area contributed by atoms with Crippen LogP contribution < -0.4 is 10.2 Å². The molecule has 1 heterocycles. The highest BCUT2D eigenvalue weighted by atomic mass is 19.4. The Bertz CT molecular complexity index is 1070. The number of carbonyl (C=O) groups excluding carboxylic acids is 1. The Morgan fingerprint density at radius 1 is 0.889 bits per heavy atom. The van der Waals surface area contributed by atoms with Gasteiger partial charge in [-0.2, -0.15) is 39.5 Å². The summed E-state index contributed by atoms with van der Waals surface area (Å²) in [5.41, 5.74) is -3.20. The van der Waals surface area contributed by atoms with E-state index in [-0.39, 0.29) is 60.8 Å². The predicted molar refractivity (Wildman–Crippen MR) is 111 cm³/mol. The molecule has 1 fully saturated rings. The molecule has 1 saturated carbocycles. The lowest BCUT2D eigenvalue weighted by molar-refractivity contribution is -0.171. The van der Waals surface area contributed by atoms with Gasteiger partial charge in [-0.05, 0) is 63.3 Å². The van der Waals surface area contributed by atoms with Gasteiger partial charge in [0.2, 0.25) is 5.95 Å². The third kappa shape index (κ3) is 6.38. The highest BCUT2D eigenvalue weighted by molar-refractivity contribution is 5.98. The molecule has 5 nitrogen and oxygen atoms in total. The van der Waals surface area contributed by atoms with Crippen molar-refractivity contribution < 1.29 is 44.3 Å². The lowest BCUT2D eigenvalue weighted by atomic mass is 9.89. The number of carbonyl (C=O) groups is 1. The van der Waals surface area contributed by atoms with Crippen molar-refractivity contribution in [3.05, 3.63) is 46.8 Å². The number of benzene rings is 1. The van der Waals surface area contributed by atoms with Crippen LogP contribution in [0.15, 0.2) is 24.4 Å². The van der Waals surface area contributed by atoms with Gasteiger partial charge in [0.1, 0.15) is 0 Å². The van der Waals surface area contributed by atoms with Crippen molar-refractivity contribution in [2.75, 3.05) is 10.2 Å². The summed E-state index contributed by atoms with van der Waals surface area (Å²) in [6.45, 7) is 3.55. The fourth-order valence-electron chi connectivity index (χ4n) is 3.97. The zero-order chi connectivity index (χ0) is 27.1. The molecule has 2 aromatic rings. The molecule has 1 N–H and O–H groups in total. The van der Waals surface area contributed by atoms with Crippen molar-refractivity contribution in [1.82, 2.24) is 9.97 Å². The molecule has 0 atom stereocenters. The first-order chi connectivity index (χ1) is 16.5. The van der Waals surface area contributed by atoms with Gasteiger partial charge in [0.25, 0.3) is 0 Å².